The van der Waals surface area contributed by atoms with Crippen molar-refractivity contribution in [1.82, 2.24) is 21.3 Å². The van der Waals surface area contributed by atoms with Crippen LogP contribution in [0.25, 0.3) is 0 Å². The van der Waals surface area contributed by atoms with Crippen molar-refractivity contribution in [2.75, 3.05) is 46.6 Å². The molecular weight excluding hydrogens is 857 g/mol. The molecule has 5 atom stereocenters. The number of hydrogen-bond donors (Lipinski definition) is 4. The molecule has 5 rings (SSSR count). The summed E-state index contributed by atoms with van der Waals surface area (Å²) in [6.45, 7) is 13.4. The number of nitrogens with zero attached hydrogens (tertiary/aromatic N) is 2. The molecule has 4 N–H and O–H groups in total. The fourth-order valence-corrected chi connectivity index (χ4v) is 8.31. The van der Waals surface area contributed by atoms with Crippen LogP contribution in [0.4, 0.5) is 0 Å². The molecule has 2 aliphatic rings. The van der Waals surface area contributed by atoms with Crippen molar-refractivity contribution in [2.45, 2.75) is 110 Å². The van der Waals surface area contributed by atoms with Gasteiger partial charge < -0.3 is 44.8 Å². The lowest BCUT2D eigenvalue weighted by Crippen LogP contribution is -2.61. The maximum Gasteiger partial charge on any atom is 0.308 e. The number of ketones is 1. The molecule has 0 aliphatic carbocycles. The van der Waals surface area contributed by atoms with E-state index in [1.807, 2.05) is 100 Å². The number of rotatable bonds is 25. The summed E-state index contributed by atoms with van der Waals surface area (Å²) in [6, 6.07) is 20.3. The normalized spacial score (nSPS) is 18.3. The number of oxime groups is 1. The van der Waals surface area contributed by atoms with Crippen molar-refractivity contribution < 1.29 is 52.3 Å². The molecule has 2 aliphatic heterocycles. The van der Waals surface area contributed by atoms with Gasteiger partial charge in [-0.15, -0.1) is 0 Å². The van der Waals surface area contributed by atoms with Crippen LogP contribution in [0.15, 0.2) is 84.0 Å². The number of aryl methyl sites for hydroxylation is 1. The minimum absolute atomic E-state index is 0.0312. The molecule has 3 aromatic carbocycles. The zero-order valence-corrected chi connectivity index (χ0v) is 40.0. The van der Waals surface area contributed by atoms with Crippen LogP contribution < -0.4 is 26.0 Å². The number of benzene rings is 3. The Hall–Kier alpha value is -5.97. The Morgan fingerprint density at radius 3 is 1.91 bits per heavy atom. The number of morpholine rings is 1. The highest BCUT2D eigenvalue weighted by Gasteiger charge is 2.50. The van der Waals surface area contributed by atoms with Gasteiger partial charge in [-0.1, -0.05) is 93.5 Å². The van der Waals surface area contributed by atoms with E-state index in [9.17, 15) is 28.8 Å². The Morgan fingerprint density at radius 1 is 0.746 bits per heavy atom. The zero-order chi connectivity index (χ0) is 48.6. The van der Waals surface area contributed by atoms with Gasteiger partial charge in [-0.05, 0) is 73.8 Å². The van der Waals surface area contributed by atoms with Gasteiger partial charge >= 0.3 is 5.97 Å². The first kappa shape index (κ1) is 52.0. The SMILES string of the molecule is CO/N=C/c1cc(C[N+]2(CC(=O)N[C@@H](CCc3ccccc3)C(=O)N[C@@H](CC(C)C)C(=O)N[C@@H](Cc3ccccc3)C(=O)N[C@@H](CC(C)C)C(=O)[C@@]3(C)CO3)CCOCC2)ccc1OC(C)=O. The summed E-state index contributed by atoms with van der Waals surface area (Å²) in [7, 11) is 1.41. The molecule has 2 heterocycles. The maximum atomic E-state index is 14.5. The second kappa shape index (κ2) is 24.7. The second-order valence-corrected chi connectivity index (χ2v) is 18.8. The quantitative estimate of drug-likeness (QED) is 0.0238. The predicted molar refractivity (Wildman–Crippen MR) is 253 cm³/mol. The van der Waals surface area contributed by atoms with Crippen molar-refractivity contribution in [2.24, 2.45) is 17.0 Å². The van der Waals surface area contributed by atoms with Crippen LogP contribution in [0.3, 0.4) is 0 Å². The van der Waals surface area contributed by atoms with E-state index < -0.39 is 53.5 Å². The summed E-state index contributed by atoms with van der Waals surface area (Å²) in [5.74, 6) is -2.32. The summed E-state index contributed by atoms with van der Waals surface area (Å²) in [5, 5.41) is 15.7. The van der Waals surface area contributed by atoms with Crippen LogP contribution in [-0.2, 0) is 62.5 Å². The third-order valence-corrected chi connectivity index (χ3v) is 12.0. The average Bonchev–Trinajstić information content (AvgIpc) is 4.05. The number of carbonyl (C=O) groups is 6. The first-order chi connectivity index (χ1) is 32.0. The van der Waals surface area contributed by atoms with E-state index in [4.69, 9.17) is 19.0 Å². The third kappa shape index (κ3) is 16.4. The number of esters is 1. The summed E-state index contributed by atoms with van der Waals surface area (Å²) in [4.78, 5) is 87.6. The molecule has 0 unspecified atom stereocenters. The number of nitrogens with one attached hydrogen (secondary N) is 4. The van der Waals surface area contributed by atoms with Crippen LogP contribution >= 0.6 is 0 Å². The van der Waals surface area contributed by atoms with Crippen LogP contribution in [0, 0.1) is 11.8 Å². The van der Waals surface area contributed by atoms with Crippen molar-refractivity contribution in [3.8, 4) is 5.75 Å². The number of amides is 4. The van der Waals surface area contributed by atoms with E-state index in [-0.39, 0.29) is 55.9 Å². The molecule has 2 saturated heterocycles. The lowest BCUT2D eigenvalue weighted by molar-refractivity contribution is -0.940. The number of ether oxygens (including phenoxy) is 3. The standard InChI is InChI=1S/C51H68N6O10/c1-34(2)26-42(47(60)51(6)33-66-51)54-50(63)44(29-38-16-12-9-13-17-38)56-49(62)43(27-35(3)4)55-48(61)41(20-18-37-14-10-8-11-15-37)53-46(59)32-57(22-24-65-25-23-57)31-39-19-21-45(67-36(5)58)40(28-39)30-52-64-7/h8-17,19,21,28,30,34-35,41-44H,18,20,22-27,29,31-33H2,1-7H3,(H3-,53,54,55,56,59,61,62,63)/p+1/b52-30+/t41-,42-,43-,44-,51+/m0/s1. The van der Waals surface area contributed by atoms with Gasteiger partial charge in [0.2, 0.25) is 17.7 Å². The Kier molecular flexibility index (Phi) is 19.2. The first-order valence-corrected chi connectivity index (χ1v) is 23.3. The number of Topliss-reactive ketones (excluding diaryl/α,β-unsaturated/α-hetero) is 1. The summed E-state index contributed by atoms with van der Waals surface area (Å²) in [6.07, 6.45) is 2.93. The molecule has 0 spiro atoms. The summed E-state index contributed by atoms with van der Waals surface area (Å²) >= 11 is 0. The smallest absolute Gasteiger partial charge is 0.308 e. The fourth-order valence-electron chi connectivity index (χ4n) is 8.31. The summed E-state index contributed by atoms with van der Waals surface area (Å²) < 4.78 is 16.9. The van der Waals surface area contributed by atoms with Gasteiger partial charge in [0, 0.05) is 24.5 Å². The van der Waals surface area contributed by atoms with Crippen LogP contribution in [0.2, 0.25) is 0 Å². The Labute approximate surface area is 394 Å². The number of epoxide rings is 1. The highest BCUT2D eigenvalue weighted by Crippen LogP contribution is 2.30. The topological polar surface area (TPSA) is 203 Å². The zero-order valence-electron chi connectivity index (χ0n) is 40.0. The molecule has 0 radical (unpaired) electrons. The van der Waals surface area contributed by atoms with E-state index in [1.165, 1.54) is 20.2 Å². The van der Waals surface area contributed by atoms with E-state index in [2.05, 4.69) is 26.4 Å². The minimum Gasteiger partial charge on any atom is -0.426 e. The number of carbonyl (C=O) groups excluding carboxylic acids is 6. The van der Waals surface area contributed by atoms with Crippen molar-refractivity contribution in [3.05, 3.63) is 101 Å². The van der Waals surface area contributed by atoms with Crippen LogP contribution in [-0.4, -0.2) is 122 Å². The predicted octanol–water partition coefficient (Wildman–Crippen LogP) is 4.20. The van der Waals surface area contributed by atoms with Crippen molar-refractivity contribution in [3.63, 3.8) is 0 Å². The molecule has 0 bridgehead atoms. The lowest BCUT2D eigenvalue weighted by Gasteiger charge is -2.41. The van der Waals surface area contributed by atoms with Gasteiger partial charge in [0.25, 0.3) is 5.91 Å². The Bertz CT molecular complexity index is 2170. The van der Waals surface area contributed by atoms with E-state index >= 15 is 0 Å². The van der Waals surface area contributed by atoms with Gasteiger partial charge in [0.15, 0.2) is 12.3 Å². The van der Waals surface area contributed by atoms with E-state index in [0.29, 0.717) is 61.5 Å². The Balaban J connectivity index is 1.37. The first-order valence-electron chi connectivity index (χ1n) is 23.3. The van der Waals surface area contributed by atoms with Gasteiger partial charge in [-0.3, -0.25) is 28.8 Å². The van der Waals surface area contributed by atoms with E-state index in [0.717, 1.165) is 16.7 Å². The minimum atomic E-state index is -1.08. The fraction of sp³-hybridized carbons (Fsp3) is 0.510. The number of quaternary nitrogens is 1. The maximum absolute atomic E-state index is 14.5. The second-order valence-electron chi connectivity index (χ2n) is 18.8. The molecule has 0 saturated carbocycles. The third-order valence-electron chi connectivity index (χ3n) is 12.0. The molecule has 4 amide bonds. The molecule has 16 nitrogen and oxygen atoms in total. The van der Waals surface area contributed by atoms with Gasteiger partial charge in [0.1, 0.15) is 56.2 Å². The molecule has 16 heteroatoms. The molecule has 3 aromatic rings. The molecule has 0 aromatic heterocycles. The van der Waals surface area contributed by atoms with Gasteiger partial charge in [0.05, 0.1) is 32.1 Å². The molecule has 67 heavy (non-hydrogen) atoms. The highest BCUT2D eigenvalue weighted by molar-refractivity contribution is 5.99. The largest absolute Gasteiger partial charge is 0.426 e. The monoisotopic (exact) mass is 926 g/mol. The van der Waals surface area contributed by atoms with Crippen LogP contribution in [0.5, 0.6) is 5.75 Å². The lowest BCUT2D eigenvalue weighted by atomic mass is 9.93. The van der Waals surface area contributed by atoms with E-state index in [1.54, 1.807) is 13.0 Å². The molecule has 362 valence electrons. The van der Waals surface area contributed by atoms with Gasteiger partial charge in [-0.2, -0.15) is 0 Å². The number of hydrogen-bond acceptors (Lipinski definition) is 11. The van der Waals surface area contributed by atoms with Gasteiger partial charge in [-0.25, -0.2) is 0 Å². The highest BCUT2D eigenvalue weighted by atomic mass is 16.6. The summed E-state index contributed by atoms with van der Waals surface area (Å²) in [5.41, 5.74) is 2.19. The molecule has 2 fully saturated rings. The molecular formula is C51H69N6O10+. The van der Waals surface area contributed by atoms with Crippen LogP contribution in [0.1, 0.15) is 83.1 Å². The average molecular weight is 926 g/mol. The van der Waals surface area contributed by atoms with Crippen molar-refractivity contribution in [1.29, 1.82) is 0 Å². The van der Waals surface area contributed by atoms with Crippen molar-refractivity contribution >= 4 is 41.6 Å². The Morgan fingerprint density at radius 2 is 1.31 bits per heavy atom.